The van der Waals surface area contributed by atoms with Crippen LogP contribution in [0, 0.1) is 11.3 Å². The van der Waals surface area contributed by atoms with Gasteiger partial charge < -0.3 is 20.3 Å². The molecule has 1 aliphatic heterocycles. The van der Waals surface area contributed by atoms with Gasteiger partial charge in [0.1, 0.15) is 30.0 Å². The van der Waals surface area contributed by atoms with Crippen LogP contribution in [0.15, 0.2) is 31.1 Å². The average molecular weight is 385 g/mol. The van der Waals surface area contributed by atoms with E-state index >= 15 is 0 Å². The Balaban J connectivity index is 2.08. The molecule has 2 heterocycles. The Kier molecular flexibility index (Phi) is 5.08. The van der Waals surface area contributed by atoms with Crippen LogP contribution in [0.5, 0.6) is 0 Å². The number of hydrogen-bond acceptors (Lipinski definition) is 7. The zero-order chi connectivity index (χ0) is 19.6. The van der Waals surface area contributed by atoms with Crippen LogP contribution >= 0.6 is 11.6 Å². The first-order valence-corrected chi connectivity index (χ1v) is 8.57. The maximum Gasteiger partial charge on any atom is 0.246 e. The van der Waals surface area contributed by atoms with E-state index in [0.29, 0.717) is 40.1 Å². The molecular formula is C18H17ClN6O2. The molecule has 8 nitrogen and oxygen atoms in total. The van der Waals surface area contributed by atoms with E-state index in [1.165, 1.54) is 17.3 Å². The summed E-state index contributed by atoms with van der Waals surface area (Å²) in [4.78, 5) is 35.9. The van der Waals surface area contributed by atoms with Gasteiger partial charge >= 0.3 is 0 Å². The van der Waals surface area contributed by atoms with E-state index in [-0.39, 0.29) is 25.5 Å². The number of piperazine rings is 1. The molecule has 1 fully saturated rings. The summed E-state index contributed by atoms with van der Waals surface area (Å²) in [5, 5.41) is 10.2. The number of aromatic nitrogens is 2. The molecule has 0 saturated carbocycles. The molecule has 1 atom stereocenters. The Bertz CT molecular complexity index is 972. The van der Waals surface area contributed by atoms with E-state index in [1.807, 2.05) is 11.0 Å². The third-order valence-electron chi connectivity index (χ3n) is 4.73. The number of halogens is 1. The van der Waals surface area contributed by atoms with Gasteiger partial charge in [-0.1, -0.05) is 18.2 Å². The third kappa shape index (κ3) is 3.12. The summed E-state index contributed by atoms with van der Waals surface area (Å²) in [6.45, 7) is 4.34. The molecule has 9 heteroatoms. The van der Waals surface area contributed by atoms with E-state index < -0.39 is 5.54 Å². The van der Waals surface area contributed by atoms with Crippen molar-refractivity contribution in [3.05, 3.63) is 41.7 Å². The number of rotatable bonds is 4. The quantitative estimate of drug-likeness (QED) is 0.614. The Hall–Kier alpha value is -3.02. The van der Waals surface area contributed by atoms with Crippen LogP contribution in [0.2, 0.25) is 5.02 Å². The van der Waals surface area contributed by atoms with Crippen molar-refractivity contribution in [2.24, 2.45) is 5.73 Å². The van der Waals surface area contributed by atoms with E-state index in [4.69, 9.17) is 17.3 Å². The van der Waals surface area contributed by atoms with Crippen LogP contribution in [0.3, 0.4) is 0 Å². The fourth-order valence-electron chi connectivity index (χ4n) is 3.28. The molecule has 3 rings (SSSR count). The predicted molar refractivity (Wildman–Crippen MR) is 101 cm³/mol. The SMILES string of the molecule is C=CC(=O)N1CCN(c2ncnc3cc(Cl)c(C#N)cc23)CC1(C=O)CN. The first-order valence-electron chi connectivity index (χ1n) is 8.19. The number of nitrogens with two attached hydrogens (primary N) is 1. The lowest BCUT2D eigenvalue weighted by Gasteiger charge is -2.47. The van der Waals surface area contributed by atoms with Gasteiger partial charge in [-0.15, -0.1) is 0 Å². The van der Waals surface area contributed by atoms with Crippen molar-refractivity contribution in [1.29, 1.82) is 5.26 Å². The monoisotopic (exact) mass is 384 g/mol. The highest BCUT2D eigenvalue weighted by Gasteiger charge is 2.43. The zero-order valence-corrected chi connectivity index (χ0v) is 15.2. The standard InChI is InChI=1S/C18H17ClN6O2/c1-2-16(27)25-4-3-24(9-18(25,8-21)10-26)17-13-5-12(7-20)14(19)6-15(13)22-11-23-17/h2,5-6,10-11H,1,3-4,8-9,21H2. The van der Waals surface area contributed by atoms with Crippen LogP contribution in [0.4, 0.5) is 5.82 Å². The van der Waals surface area contributed by atoms with Gasteiger partial charge in [0, 0.05) is 25.0 Å². The molecule has 1 aliphatic rings. The predicted octanol–water partition coefficient (Wildman–Crippen LogP) is 0.886. The summed E-state index contributed by atoms with van der Waals surface area (Å²) in [6.07, 6.45) is 3.26. The largest absolute Gasteiger partial charge is 0.351 e. The van der Waals surface area contributed by atoms with Crippen LogP contribution in [0.1, 0.15) is 5.56 Å². The first kappa shape index (κ1) is 18.8. The second-order valence-electron chi connectivity index (χ2n) is 6.20. The highest BCUT2D eigenvalue weighted by atomic mass is 35.5. The summed E-state index contributed by atoms with van der Waals surface area (Å²) in [5.74, 6) is 0.205. The van der Waals surface area contributed by atoms with Crippen molar-refractivity contribution in [3.8, 4) is 6.07 Å². The molecule has 2 aromatic rings. The maximum atomic E-state index is 12.2. The van der Waals surface area contributed by atoms with Gasteiger partial charge in [0.2, 0.25) is 5.91 Å². The lowest BCUT2D eigenvalue weighted by Crippen LogP contribution is -2.68. The van der Waals surface area contributed by atoms with Crippen LogP contribution in [-0.2, 0) is 9.59 Å². The number of amides is 1. The average Bonchev–Trinajstić information content (AvgIpc) is 2.71. The van der Waals surface area contributed by atoms with Crippen LogP contribution in [-0.4, -0.2) is 58.8 Å². The van der Waals surface area contributed by atoms with Crippen LogP contribution in [0.25, 0.3) is 10.9 Å². The van der Waals surface area contributed by atoms with E-state index in [9.17, 15) is 14.9 Å². The number of carbonyl (C=O) groups excluding carboxylic acids is 2. The molecule has 138 valence electrons. The summed E-state index contributed by atoms with van der Waals surface area (Å²) < 4.78 is 0. The molecule has 1 amide bonds. The van der Waals surface area contributed by atoms with E-state index in [1.54, 1.807) is 12.1 Å². The molecule has 1 aromatic heterocycles. The van der Waals surface area contributed by atoms with Crippen molar-refractivity contribution in [2.45, 2.75) is 5.54 Å². The molecular weight excluding hydrogens is 368 g/mol. The molecule has 1 aromatic carbocycles. The maximum absolute atomic E-state index is 12.2. The van der Waals surface area contributed by atoms with Gasteiger partial charge in [0.25, 0.3) is 0 Å². The number of benzene rings is 1. The number of carbonyl (C=O) groups is 2. The molecule has 0 aliphatic carbocycles. The van der Waals surface area contributed by atoms with Gasteiger partial charge in [0.05, 0.1) is 22.6 Å². The first-order chi connectivity index (χ1) is 13.0. The van der Waals surface area contributed by atoms with Gasteiger partial charge in [-0.3, -0.25) is 4.79 Å². The van der Waals surface area contributed by atoms with E-state index in [0.717, 1.165) is 0 Å². The molecule has 27 heavy (non-hydrogen) atoms. The number of hydrogen-bond donors (Lipinski definition) is 1. The second-order valence-corrected chi connectivity index (χ2v) is 6.61. The number of anilines is 1. The number of nitrogens with zero attached hydrogens (tertiary/aromatic N) is 5. The smallest absolute Gasteiger partial charge is 0.246 e. The Morgan fingerprint density at radius 2 is 2.22 bits per heavy atom. The highest BCUT2D eigenvalue weighted by Crippen LogP contribution is 2.31. The minimum absolute atomic E-state index is 0.0368. The minimum Gasteiger partial charge on any atom is -0.351 e. The summed E-state index contributed by atoms with van der Waals surface area (Å²) >= 11 is 6.09. The summed E-state index contributed by atoms with van der Waals surface area (Å²) in [7, 11) is 0. The zero-order valence-electron chi connectivity index (χ0n) is 14.4. The van der Waals surface area contributed by atoms with Gasteiger partial charge in [-0.25, -0.2) is 9.97 Å². The lowest BCUT2D eigenvalue weighted by atomic mass is 9.94. The molecule has 0 radical (unpaired) electrons. The minimum atomic E-state index is -1.19. The molecule has 1 unspecified atom stereocenters. The van der Waals surface area contributed by atoms with Gasteiger partial charge in [-0.2, -0.15) is 5.26 Å². The molecule has 0 spiro atoms. The summed E-state index contributed by atoms with van der Waals surface area (Å²) in [5.41, 5.74) is 5.57. The molecule has 2 N–H and O–H groups in total. The van der Waals surface area contributed by atoms with Gasteiger partial charge in [0.15, 0.2) is 0 Å². The molecule has 1 saturated heterocycles. The topological polar surface area (TPSA) is 116 Å². The fourth-order valence-corrected chi connectivity index (χ4v) is 3.48. The fraction of sp³-hybridized carbons (Fsp3) is 0.278. The van der Waals surface area contributed by atoms with Crippen molar-refractivity contribution in [3.63, 3.8) is 0 Å². The van der Waals surface area contributed by atoms with Gasteiger partial charge in [-0.05, 0) is 18.2 Å². The van der Waals surface area contributed by atoms with Crippen molar-refractivity contribution < 1.29 is 9.59 Å². The highest BCUT2D eigenvalue weighted by molar-refractivity contribution is 6.32. The van der Waals surface area contributed by atoms with Crippen molar-refractivity contribution in [1.82, 2.24) is 14.9 Å². The third-order valence-corrected chi connectivity index (χ3v) is 5.05. The molecule has 0 bridgehead atoms. The van der Waals surface area contributed by atoms with Crippen LogP contribution < -0.4 is 10.6 Å². The van der Waals surface area contributed by atoms with E-state index in [2.05, 4.69) is 16.5 Å². The Morgan fingerprint density at radius 3 is 2.85 bits per heavy atom. The van der Waals surface area contributed by atoms with Crippen molar-refractivity contribution >= 4 is 40.5 Å². The number of fused-ring (bicyclic) bond motifs is 1. The normalized spacial score (nSPS) is 19.6. The summed E-state index contributed by atoms with van der Waals surface area (Å²) in [6, 6.07) is 5.27. The number of aldehydes is 1. The Morgan fingerprint density at radius 1 is 1.44 bits per heavy atom. The Labute approximate surface area is 160 Å². The second kappa shape index (κ2) is 7.31. The number of nitriles is 1. The lowest BCUT2D eigenvalue weighted by molar-refractivity contribution is -0.138. The van der Waals surface area contributed by atoms with Crippen molar-refractivity contribution in [2.75, 3.05) is 31.1 Å².